The number of nitrogens with one attached hydrogen (secondary N) is 2. The van der Waals surface area contributed by atoms with Crippen molar-refractivity contribution < 1.29 is 19.1 Å². The Hall–Kier alpha value is -5.11. The zero-order valence-electron chi connectivity index (χ0n) is 21.9. The fraction of sp³-hybridized carbons (Fsp3) is 0.129. The van der Waals surface area contributed by atoms with Crippen LogP contribution in [-0.4, -0.2) is 28.9 Å². The van der Waals surface area contributed by atoms with E-state index in [4.69, 9.17) is 4.74 Å². The van der Waals surface area contributed by atoms with Gasteiger partial charge in [-0.2, -0.15) is 0 Å². The van der Waals surface area contributed by atoms with Crippen LogP contribution in [0.4, 0.5) is 11.4 Å². The van der Waals surface area contributed by atoms with Gasteiger partial charge in [0, 0.05) is 22.8 Å². The molecular formula is C31H28N4O4. The Kier molecular flexibility index (Phi) is 7.01. The number of hydrazine groups is 1. The average molecular weight is 521 g/mol. The van der Waals surface area contributed by atoms with E-state index < -0.39 is 11.8 Å². The first kappa shape index (κ1) is 25.5. The number of carbonyl (C=O) groups excluding carboxylic acids is 3. The van der Waals surface area contributed by atoms with Crippen molar-refractivity contribution >= 4 is 35.2 Å². The van der Waals surface area contributed by atoms with Crippen molar-refractivity contribution in [2.24, 2.45) is 0 Å². The lowest BCUT2D eigenvalue weighted by Crippen LogP contribution is -2.35. The molecule has 2 N–H and O–H groups in total. The Balaban J connectivity index is 1.29. The molecule has 4 aromatic rings. The Bertz CT molecular complexity index is 1590. The lowest BCUT2D eigenvalue weighted by Gasteiger charge is -2.13. The van der Waals surface area contributed by atoms with Gasteiger partial charge in [0.15, 0.2) is 6.61 Å². The van der Waals surface area contributed by atoms with E-state index in [1.54, 1.807) is 42.5 Å². The minimum Gasteiger partial charge on any atom is -0.484 e. The molecular weight excluding hydrogens is 492 g/mol. The molecule has 1 fully saturated rings. The summed E-state index contributed by atoms with van der Waals surface area (Å²) in [5, 5.41) is 4.11. The second-order valence-electron chi connectivity index (χ2n) is 9.28. The summed E-state index contributed by atoms with van der Waals surface area (Å²) in [6, 6.07) is 25.9. The highest BCUT2D eigenvalue weighted by atomic mass is 16.5. The summed E-state index contributed by atoms with van der Waals surface area (Å²) >= 11 is 0. The predicted molar refractivity (Wildman–Crippen MR) is 151 cm³/mol. The van der Waals surface area contributed by atoms with Gasteiger partial charge in [0.1, 0.15) is 11.3 Å². The maximum Gasteiger partial charge on any atom is 0.282 e. The van der Waals surface area contributed by atoms with E-state index in [1.807, 2.05) is 73.9 Å². The van der Waals surface area contributed by atoms with Gasteiger partial charge in [-0.3, -0.25) is 19.8 Å². The Morgan fingerprint density at radius 2 is 1.59 bits per heavy atom. The van der Waals surface area contributed by atoms with Gasteiger partial charge in [-0.25, -0.2) is 5.01 Å². The summed E-state index contributed by atoms with van der Waals surface area (Å²) in [6.45, 7) is 5.72. The van der Waals surface area contributed by atoms with Crippen molar-refractivity contribution in [1.29, 1.82) is 0 Å². The zero-order chi connectivity index (χ0) is 27.5. The molecule has 0 unspecified atom stereocenters. The molecule has 0 atom stereocenters. The highest BCUT2D eigenvalue weighted by Crippen LogP contribution is 2.27. The molecule has 1 aromatic heterocycles. The second kappa shape index (κ2) is 10.7. The summed E-state index contributed by atoms with van der Waals surface area (Å²) in [4.78, 5) is 37.9. The number of benzene rings is 3. The Morgan fingerprint density at radius 1 is 0.897 bits per heavy atom. The topological polar surface area (TPSA) is 92.7 Å². The van der Waals surface area contributed by atoms with Gasteiger partial charge in [0.05, 0.1) is 5.69 Å². The van der Waals surface area contributed by atoms with Crippen LogP contribution in [0.3, 0.4) is 0 Å². The van der Waals surface area contributed by atoms with Gasteiger partial charge >= 0.3 is 0 Å². The summed E-state index contributed by atoms with van der Waals surface area (Å²) in [6.07, 6.45) is 1.63. The SMILES string of the molecule is Cc1ccccc1NC(=O)COc1ccc(-n2c(C)cc(/C=C3/C(=O)NN(c4ccccc4)C3=O)c2C)cc1. The maximum atomic E-state index is 13.0. The normalized spacial score (nSPS) is 14.0. The first-order valence-corrected chi connectivity index (χ1v) is 12.5. The van der Waals surface area contributed by atoms with Crippen LogP contribution in [-0.2, 0) is 14.4 Å². The number of hydrogen-bond donors (Lipinski definition) is 2. The van der Waals surface area contributed by atoms with Crippen LogP contribution in [0.25, 0.3) is 11.8 Å². The smallest absolute Gasteiger partial charge is 0.282 e. The fourth-order valence-electron chi connectivity index (χ4n) is 4.54. The quantitative estimate of drug-likeness (QED) is 0.268. The third-order valence-electron chi connectivity index (χ3n) is 6.56. The number of anilines is 2. The number of aromatic nitrogens is 1. The molecule has 0 radical (unpaired) electrons. The van der Waals surface area contributed by atoms with E-state index in [0.29, 0.717) is 11.4 Å². The van der Waals surface area contributed by atoms with Gasteiger partial charge < -0.3 is 14.6 Å². The molecule has 5 rings (SSSR count). The van der Waals surface area contributed by atoms with Gasteiger partial charge in [-0.1, -0.05) is 36.4 Å². The van der Waals surface area contributed by atoms with Crippen molar-refractivity contribution in [1.82, 2.24) is 9.99 Å². The molecule has 2 heterocycles. The monoisotopic (exact) mass is 520 g/mol. The van der Waals surface area contributed by atoms with Gasteiger partial charge in [0.25, 0.3) is 17.7 Å². The average Bonchev–Trinajstić information content (AvgIpc) is 3.38. The number of para-hydroxylation sites is 2. The second-order valence-corrected chi connectivity index (χ2v) is 9.28. The van der Waals surface area contributed by atoms with Crippen molar-refractivity contribution in [3.05, 3.63) is 113 Å². The standard InChI is InChI=1S/C31H28N4O4/c1-20-9-7-8-12-28(20)32-29(36)19-39-26-15-13-24(14-16-26)34-21(2)17-23(22(34)3)18-27-30(37)33-35(31(27)38)25-10-5-4-6-11-25/h4-18H,19H2,1-3H3,(H,32,36)(H,33,37)/b27-18-. The van der Waals surface area contributed by atoms with E-state index in [9.17, 15) is 14.4 Å². The molecule has 0 spiro atoms. The highest BCUT2D eigenvalue weighted by Gasteiger charge is 2.34. The first-order valence-electron chi connectivity index (χ1n) is 12.5. The van der Waals surface area contributed by atoms with Crippen molar-refractivity contribution in [3.8, 4) is 11.4 Å². The van der Waals surface area contributed by atoms with E-state index in [1.165, 1.54) is 5.01 Å². The van der Waals surface area contributed by atoms with Crippen molar-refractivity contribution in [3.63, 3.8) is 0 Å². The molecule has 1 saturated heterocycles. The number of carbonyl (C=O) groups is 3. The summed E-state index contributed by atoms with van der Waals surface area (Å²) < 4.78 is 7.71. The van der Waals surface area contributed by atoms with Crippen LogP contribution in [0.2, 0.25) is 0 Å². The fourth-order valence-corrected chi connectivity index (χ4v) is 4.54. The van der Waals surface area contributed by atoms with Gasteiger partial charge in [-0.05, 0) is 86.5 Å². The summed E-state index contributed by atoms with van der Waals surface area (Å²) in [5.41, 5.74) is 8.53. The highest BCUT2D eigenvalue weighted by molar-refractivity contribution is 6.31. The third-order valence-corrected chi connectivity index (χ3v) is 6.56. The minimum atomic E-state index is -0.443. The molecule has 3 aromatic carbocycles. The van der Waals surface area contributed by atoms with E-state index in [-0.39, 0.29) is 18.1 Å². The molecule has 0 bridgehead atoms. The molecule has 196 valence electrons. The van der Waals surface area contributed by atoms with Crippen LogP contribution < -0.4 is 20.5 Å². The number of aryl methyl sites for hydroxylation is 2. The molecule has 1 aliphatic heterocycles. The number of amides is 3. The predicted octanol–water partition coefficient (Wildman–Crippen LogP) is 4.88. The molecule has 0 aliphatic carbocycles. The zero-order valence-corrected chi connectivity index (χ0v) is 21.9. The molecule has 8 nitrogen and oxygen atoms in total. The number of hydrogen-bond acceptors (Lipinski definition) is 4. The van der Waals surface area contributed by atoms with Crippen LogP contribution in [0.5, 0.6) is 5.75 Å². The number of nitrogens with zero attached hydrogens (tertiary/aromatic N) is 2. The van der Waals surface area contributed by atoms with E-state index >= 15 is 0 Å². The Labute approximate surface area is 226 Å². The summed E-state index contributed by atoms with van der Waals surface area (Å²) in [5.74, 6) is -0.511. The first-order chi connectivity index (χ1) is 18.8. The van der Waals surface area contributed by atoms with E-state index in [0.717, 1.165) is 33.9 Å². The lowest BCUT2D eigenvalue weighted by molar-refractivity contribution is -0.118. The molecule has 3 amide bonds. The molecule has 39 heavy (non-hydrogen) atoms. The molecule has 8 heteroatoms. The van der Waals surface area contributed by atoms with Crippen LogP contribution in [0.1, 0.15) is 22.5 Å². The van der Waals surface area contributed by atoms with Gasteiger partial charge in [0.2, 0.25) is 0 Å². The van der Waals surface area contributed by atoms with E-state index in [2.05, 4.69) is 10.7 Å². The van der Waals surface area contributed by atoms with Crippen molar-refractivity contribution in [2.45, 2.75) is 20.8 Å². The Morgan fingerprint density at radius 3 is 2.31 bits per heavy atom. The van der Waals surface area contributed by atoms with Crippen molar-refractivity contribution in [2.75, 3.05) is 16.9 Å². The number of ether oxygens (including phenoxy) is 1. The third kappa shape index (κ3) is 5.31. The van der Waals surface area contributed by atoms with Crippen LogP contribution in [0, 0.1) is 20.8 Å². The lowest BCUT2D eigenvalue weighted by atomic mass is 10.1. The maximum absolute atomic E-state index is 13.0. The molecule has 0 saturated carbocycles. The molecule has 1 aliphatic rings. The minimum absolute atomic E-state index is 0.0758. The van der Waals surface area contributed by atoms with Gasteiger partial charge in [-0.15, -0.1) is 0 Å². The van der Waals surface area contributed by atoms with Crippen LogP contribution >= 0.6 is 0 Å². The van der Waals surface area contributed by atoms with Crippen LogP contribution in [0.15, 0.2) is 90.5 Å². The summed E-state index contributed by atoms with van der Waals surface area (Å²) in [7, 11) is 0. The largest absolute Gasteiger partial charge is 0.484 e. The number of rotatable bonds is 7.